The number of amides is 1. The molecule has 150 valence electrons. The standard InChI is InChI=1S/C22H17BrN4O3/c1-29-17-8-9-19(23)18(12-17)22(28)26-15-4-6-16(7-5-15)30-21-13-20(24-14-25-21)27-10-2-3-11-27/h2-14H,1H3,(H,26,28). The van der Waals surface area contributed by atoms with Crippen molar-refractivity contribution < 1.29 is 14.3 Å². The Labute approximate surface area is 181 Å². The first kappa shape index (κ1) is 19.7. The number of nitrogens with zero attached hydrogens (tertiary/aromatic N) is 3. The topological polar surface area (TPSA) is 78.3 Å². The second-order valence-corrected chi connectivity index (χ2v) is 7.09. The van der Waals surface area contributed by atoms with Gasteiger partial charge in [-0.3, -0.25) is 4.79 Å². The van der Waals surface area contributed by atoms with Crippen molar-refractivity contribution in [3.8, 4) is 23.2 Å². The van der Waals surface area contributed by atoms with E-state index in [-0.39, 0.29) is 5.91 Å². The summed E-state index contributed by atoms with van der Waals surface area (Å²) in [6, 6.07) is 17.8. The predicted octanol–water partition coefficient (Wildman–Crippen LogP) is 5.08. The normalized spacial score (nSPS) is 10.5. The lowest BCUT2D eigenvalue weighted by Gasteiger charge is -2.10. The molecule has 2 heterocycles. The zero-order valence-electron chi connectivity index (χ0n) is 15.9. The van der Waals surface area contributed by atoms with Crippen LogP contribution in [-0.4, -0.2) is 27.6 Å². The molecule has 4 aromatic rings. The molecule has 30 heavy (non-hydrogen) atoms. The monoisotopic (exact) mass is 464 g/mol. The summed E-state index contributed by atoms with van der Waals surface area (Å²) in [6.07, 6.45) is 5.24. The lowest BCUT2D eigenvalue weighted by atomic mass is 10.2. The number of carbonyl (C=O) groups is 1. The van der Waals surface area contributed by atoms with Crippen LogP contribution in [0.3, 0.4) is 0 Å². The van der Waals surface area contributed by atoms with Crippen molar-refractivity contribution in [2.24, 2.45) is 0 Å². The largest absolute Gasteiger partial charge is 0.497 e. The van der Waals surface area contributed by atoms with E-state index >= 15 is 0 Å². The van der Waals surface area contributed by atoms with Crippen molar-refractivity contribution in [2.75, 3.05) is 12.4 Å². The van der Waals surface area contributed by atoms with E-state index in [0.717, 1.165) is 0 Å². The smallest absolute Gasteiger partial charge is 0.256 e. The van der Waals surface area contributed by atoms with E-state index in [1.54, 1.807) is 55.6 Å². The fraction of sp³-hybridized carbons (Fsp3) is 0.0455. The van der Waals surface area contributed by atoms with Gasteiger partial charge in [-0.25, -0.2) is 9.97 Å². The Kier molecular flexibility index (Phi) is 5.76. The molecule has 1 amide bonds. The van der Waals surface area contributed by atoms with Crippen LogP contribution in [0, 0.1) is 0 Å². The Morgan fingerprint density at radius 1 is 1.00 bits per heavy atom. The summed E-state index contributed by atoms with van der Waals surface area (Å²) >= 11 is 3.39. The molecule has 4 rings (SSSR count). The van der Waals surface area contributed by atoms with Gasteiger partial charge in [-0.15, -0.1) is 0 Å². The average molecular weight is 465 g/mol. The van der Waals surface area contributed by atoms with E-state index < -0.39 is 0 Å². The van der Waals surface area contributed by atoms with Crippen molar-refractivity contribution >= 4 is 27.5 Å². The molecule has 2 aromatic carbocycles. The molecule has 0 saturated carbocycles. The van der Waals surface area contributed by atoms with E-state index in [1.165, 1.54) is 6.33 Å². The Balaban J connectivity index is 1.45. The zero-order valence-corrected chi connectivity index (χ0v) is 17.5. The van der Waals surface area contributed by atoms with Crippen LogP contribution in [0.5, 0.6) is 17.4 Å². The third-order valence-electron chi connectivity index (χ3n) is 4.25. The lowest BCUT2D eigenvalue weighted by molar-refractivity contribution is 0.102. The number of hydrogen-bond acceptors (Lipinski definition) is 5. The highest BCUT2D eigenvalue weighted by Crippen LogP contribution is 2.25. The maximum Gasteiger partial charge on any atom is 0.256 e. The Morgan fingerprint density at radius 3 is 2.47 bits per heavy atom. The molecule has 7 nitrogen and oxygen atoms in total. The second-order valence-electron chi connectivity index (χ2n) is 6.23. The van der Waals surface area contributed by atoms with Gasteiger partial charge in [-0.2, -0.15) is 0 Å². The van der Waals surface area contributed by atoms with Crippen LogP contribution in [0.15, 0.2) is 83.9 Å². The molecular formula is C22H17BrN4O3. The molecule has 0 aliphatic heterocycles. The van der Waals surface area contributed by atoms with Crippen LogP contribution in [0.1, 0.15) is 10.4 Å². The molecule has 0 bridgehead atoms. The van der Waals surface area contributed by atoms with E-state index in [4.69, 9.17) is 9.47 Å². The minimum absolute atomic E-state index is 0.249. The number of anilines is 1. The molecule has 0 radical (unpaired) electrons. The maximum absolute atomic E-state index is 12.6. The summed E-state index contributed by atoms with van der Waals surface area (Å²) in [5, 5.41) is 2.86. The molecule has 0 atom stereocenters. The van der Waals surface area contributed by atoms with Crippen molar-refractivity contribution in [1.82, 2.24) is 14.5 Å². The summed E-state index contributed by atoms with van der Waals surface area (Å²) in [5.41, 5.74) is 1.12. The van der Waals surface area contributed by atoms with Crippen molar-refractivity contribution in [3.63, 3.8) is 0 Å². The Morgan fingerprint density at radius 2 is 1.73 bits per heavy atom. The molecule has 8 heteroatoms. The van der Waals surface area contributed by atoms with Gasteiger partial charge in [0.25, 0.3) is 5.91 Å². The fourth-order valence-electron chi connectivity index (χ4n) is 2.75. The summed E-state index contributed by atoms with van der Waals surface area (Å²) in [6.45, 7) is 0. The van der Waals surface area contributed by atoms with Gasteiger partial charge in [0.2, 0.25) is 5.88 Å². The number of carbonyl (C=O) groups excluding carboxylic acids is 1. The highest BCUT2D eigenvalue weighted by atomic mass is 79.9. The Bertz CT molecular complexity index is 1160. The third-order valence-corrected chi connectivity index (χ3v) is 4.94. The number of rotatable bonds is 6. The molecule has 0 aliphatic rings. The van der Waals surface area contributed by atoms with Crippen molar-refractivity contribution in [2.45, 2.75) is 0 Å². The molecular weight excluding hydrogens is 448 g/mol. The predicted molar refractivity (Wildman–Crippen MR) is 117 cm³/mol. The van der Waals surface area contributed by atoms with Crippen LogP contribution in [0.2, 0.25) is 0 Å². The van der Waals surface area contributed by atoms with Gasteiger partial charge in [-0.1, -0.05) is 0 Å². The molecule has 0 fully saturated rings. The lowest BCUT2D eigenvalue weighted by Crippen LogP contribution is -2.12. The van der Waals surface area contributed by atoms with E-state index in [0.29, 0.717) is 38.9 Å². The van der Waals surface area contributed by atoms with Crippen LogP contribution in [0.4, 0.5) is 5.69 Å². The summed E-state index contributed by atoms with van der Waals surface area (Å²) < 4.78 is 13.5. The number of methoxy groups -OCH3 is 1. The number of ether oxygens (including phenoxy) is 2. The number of benzene rings is 2. The quantitative estimate of drug-likeness (QED) is 0.430. The average Bonchev–Trinajstić information content (AvgIpc) is 3.31. The van der Waals surface area contributed by atoms with Crippen LogP contribution >= 0.6 is 15.9 Å². The van der Waals surface area contributed by atoms with Gasteiger partial charge in [-0.05, 0) is 70.5 Å². The highest BCUT2D eigenvalue weighted by Gasteiger charge is 2.12. The first-order valence-corrected chi connectivity index (χ1v) is 9.80. The third kappa shape index (κ3) is 4.49. The molecule has 0 unspecified atom stereocenters. The van der Waals surface area contributed by atoms with Gasteiger partial charge in [0.05, 0.1) is 12.7 Å². The molecule has 2 aromatic heterocycles. The Hall–Kier alpha value is -3.65. The number of hydrogen-bond donors (Lipinski definition) is 1. The number of halogens is 1. The zero-order chi connectivity index (χ0) is 20.9. The molecule has 0 saturated heterocycles. The van der Waals surface area contributed by atoms with Crippen LogP contribution < -0.4 is 14.8 Å². The van der Waals surface area contributed by atoms with E-state index in [9.17, 15) is 4.79 Å². The summed E-state index contributed by atoms with van der Waals surface area (Å²) in [4.78, 5) is 21.0. The van der Waals surface area contributed by atoms with Gasteiger partial charge in [0.15, 0.2) is 0 Å². The number of nitrogens with one attached hydrogen (secondary N) is 1. The van der Waals surface area contributed by atoms with Crippen LogP contribution in [0.25, 0.3) is 5.82 Å². The summed E-state index contributed by atoms with van der Waals surface area (Å²) in [5.74, 6) is 2.08. The van der Waals surface area contributed by atoms with Gasteiger partial charge in [0.1, 0.15) is 23.6 Å². The minimum atomic E-state index is -0.249. The van der Waals surface area contributed by atoms with E-state index in [1.807, 2.05) is 29.1 Å². The first-order valence-electron chi connectivity index (χ1n) is 9.00. The minimum Gasteiger partial charge on any atom is -0.497 e. The number of aromatic nitrogens is 3. The highest BCUT2D eigenvalue weighted by molar-refractivity contribution is 9.10. The maximum atomic E-state index is 12.6. The summed E-state index contributed by atoms with van der Waals surface area (Å²) in [7, 11) is 1.56. The SMILES string of the molecule is COc1ccc(Br)c(C(=O)Nc2ccc(Oc3cc(-n4cccc4)ncn3)cc2)c1. The fourth-order valence-corrected chi connectivity index (χ4v) is 3.17. The first-order chi connectivity index (χ1) is 14.6. The van der Waals surface area contributed by atoms with E-state index in [2.05, 4.69) is 31.2 Å². The van der Waals surface area contributed by atoms with Crippen LogP contribution in [-0.2, 0) is 0 Å². The molecule has 0 aliphatic carbocycles. The second kappa shape index (κ2) is 8.79. The van der Waals surface area contributed by atoms with Gasteiger partial charge in [0, 0.05) is 28.6 Å². The molecule has 0 spiro atoms. The van der Waals surface area contributed by atoms with Crippen molar-refractivity contribution in [1.29, 1.82) is 0 Å². The van der Waals surface area contributed by atoms with Gasteiger partial charge < -0.3 is 19.4 Å². The van der Waals surface area contributed by atoms with Gasteiger partial charge >= 0.3 is 0 Å². The molecule has 1 N–H and O–H groups in total. The van der Waals surface area contributed by atoms with Crippen molar-refractivity contribution in [3.05, 3.63) is 89.4 Å².